The summed E-state index contributed by atoms with van der Waals surface area (Å²) in [6.07, 6.45) is 66.1. The minimum absolute atomic E-state index is 0.00245. The summed E-state index contributed by atoms with van der Waals surface area (Å²) in [7, 11) is 1.28. The smallest absolute Gasteiger partial charge is 0.268 e. The fraction of sp³-hybridized carbons (Fsp3) is 0.951. The average molecular weight is 1010 g/mol. The molecule has 0 aromatic carbocycles. The second kappa shape index (κ2) is 53.1. The number of rotatable bonds is 58. The first-order chi connectivity index (χ1) is 34.0. The lowest BCUT2D eigenvalue weighted by atomic mass is 10.0. The van der Waals surface area contributed by atoms with Crippen molar-refractivity contribution in [2.45, 2.75) is 334 Å². The zero-order valence-electron chi connectivity index (χ0n) is 47.8. The first-order valence-corrected chi connectivity index (χ1v) is 32.5. The summed E-state index contributed by atoms with van der Waals surface area (Å²) < 4.78 is 23.3. The minimum atomic E-state index is -4.59. The number of unbranched alkanes of at least 4 members (excludes halogenated alkanes) is 45. The van der Waals surface area contributed by atoms with Crippen molar-refractivity contribution in [3.63, 3.8) is 0 Å². The predicted octanol–water partition coefficient (Wildman–Crippen LogP) is 18.4. The molecule has 0 fully saturated rings. The molecule has 0 aromatic rings. The van der Waals surface area contributed by atoms with E-state index in [4.69, 9.17) is 9.05 Å². The second-order valence-corrected chi connectivity index (χ2v) is 24.2. The fourth-order valence-corrected chi connectivity index (χ4v) is 10.4. The van der Waals surface area contributed by atoms with Gasteiger partial charge in [0.2, 0.25) is 5.91 Å². The summed E-state index contributed by atoms with van der Waals surface area (Å²) in [4.78, 5) is 25.5. The maximum Gasteiger partial charge on any atom is 0.268 e. The molecule has 0 spiro atoms. The molecule has 3 unspecified atom stereocenters. The highest BCUT2D eigenvalue weighted by Crippen LogP contribution is 2.38. The Morgan fingerprint density at radius 1 is 0.486 bits per heavy atom. The maximum absolute atomic E-state index is 12.9. The third-order valence-corrected chi connectivity index (χ3v) is 15.5. The van der Waals surface area contributed by atoms with Crippen LogP contribution in [0.1, 0.15) is 322 Å². The normalized spacial score (nSPS) is 13.9. The highest BCUT2D eigenvalue weighted by atomic mass is 31.2. The monoisotopic (exact) mass is 1010 g/mol. The molecule has 0 saturated heterocycles. The molecule has 1 amide bonds. The molecule has 0 radical (unpaired) electrons. The number of nitrogens with one attached hydrogen (secondary N) is 1. The average Bonchev–Trinajstić information content (AvgIpc) is 3.32. The van der Waals surface area contributed by atoms with Crippen molar-refractivity contribution >= 4 is 13.7 Å². The fourth-order valence-electron chi connectivity index (χ4n) is 9.63. The number of phosphoric acid groups is 1. The Bertz CT molecular complexity index is 1150. The van der Waals surface area contributed by atoms with Crippen LogP contribution in [0.3, 0.4) is 0 Å². The topological polar surface area (TPSA) is 108 Å². The molecule has 0 aromatic heterocycles. The van der Waals surface area contributed by atoms with Crippen LogP contribution >= 0.6 is 7.82 Å². The molecule has 3 atom stereocenters. The summed E-state index contributed by atoms with van der Waals surface area (Å²) in [6, 6.07) is -0.881. The van der Waals surface area contributed by atoms with Crippen LogP contribution in [0.4, 0.5) is 0 Å². The Morgan fingerprint density at radius 2 is 0.771 bits per heavy atom. The van der Waals surface area contributed by atoms with Crippen LogP contribution < -0.4 is 10.2 Å². The van der Waals surface area contributed by atoms with Gasteiger partial charge in [0.05, 0.1) is 39.9 Å². The van der Waals surface area contributed by atoms with Crippen molar-refractivity contribution < 1.29 is 32.9 Å². The second-order valence-electron chi connectivity index (χ2n) is 22.8. The summed E-state index contributed by atoms with van der Waals surface area (Å²) >= 11 is 0. The van der Waals surface area contributed by atoms with E-state index in [1.165, 1.54) is 263 Å². The molecule has 8 nitrogen and oxygen atoms in total. The molecule has 0 bridgehead atoms. The van der Waals surface area contributed by atoms with Crippen molar-refractivity contribution in [1.29, 1.82) is 0 Å². The molecule has 0 aliphatic heterocycles. The Labute approximate surface area is 437 Å². The van der Waals surface area contributed by atoms with Crippen molar-refractivity contribution in [2.75, 3.05) is 40.9 Å². The van der Waals surface area contributed by atoms with Crippen LogP contribution in [0.5, 0.6) is 0 Å². The quantitative estimate of drug-likeness (QED) is 0.0272. The van der Waals surface area contributed by atoms with Crippen molar-refractivity contribution in [3.05, 3.63) is 12.2 Å². The molecule has 70 heavy (non-hydrogen) atoms. The van der Waals surface area contributed by atoms with E-state index in [1.807, 2.05) is 27.2 Å². The SMILES string of the molecule is CCCCCCCCCCCCC/C=C/C(O)C(COP(=O)([O-])OCC[N+](C)(C)C)NC(=O)CCCCCCCCCCCCCCCCCCCCCCCCCCCCCCCCCCCCC. The molecule has 418 valence electrons. The van der Waals surface area contributed by atoms with Gasteiger partial charge in [-0.25, -0.2) is 0 Å². The molecular weight excluding hydrogens is 888 g/mol. The number of carbonyl (C=O) groups excluding carboxylic acids is 1. The van der Waals surface area contributed by atoms with Crippen LogP contribution in [0, 0.1) is 0 Å². The maximum atomic E-state index is 12.9. The van der Waals surface area contributed by atoms with Crippen molar-refractivity contribution in [1.82, 2.24) is 5.32 Å². The Hall–Kier alpha value is -0.760. The standard InChI is InChI=1S/C61H123N2O6P/c1-6-8-10-12-14-16-18-20-21-22-23-24-25-26-27-28-29-30-31-32-33-34-35-36-37-38-39-40-41-43-45-47-49-51-53-55-61(65)62-59(58-69-70(66,67)68-57-56-63(3,4)5)60(64)54-52-50-48-46-44-42-19-17-15-13-11-9-7-2/h52,54,59-60,64H,6-51,53,55-58H2,1-5H3,(H-,62,65,66,67)/b54-52+. The van der Waals surface area contributed by atoms with Gasteiger partial charge in [-0.15, -0.1) is 0 Å². The lowest BCUT2D eigenvalue weighted by Crippen LogP contribution is -2.45. The van der Waals surface area contributed by atoms with Gasteiger partial charge in [0, 0.05) is 6.42 Å². The molecule has 0 aliphatic carbocycles. The summed E-state index contributed by atoms with van der Waals surface area (Å²) in [5.41, 5.74) is 0. The summed E-state index contributed by atoms with van der Waals surface area (Å²) in [5, 5.41) is 13.9. The first-order valence-electron chi connectivity index (χ1n) is 31.1. The number of carbonyl (C=O) groups is 1. The van der Waals surface area contributed by atoms with Gasteiger partial charge >= 0.3 is 0 Å². The first kappa shape index (κ1) is 69.2. The molecule has 9 heteroatoms. The van der Waals surface area contributed by atoms with E-state index >= 15 is 0 Å². The van der Waals surface area contributed by atoms with Gasteiger partial charge in [-0.1, -0.05) is 309 Å². The largest absolute Gasteiger partial charge is 0.756 e. The number of phosphoric ester groups is 1. The van der Waals surface area contributed by atoms with E-state index in [2.05, 4.69) is 19.2 Å². The van der Waals surface area contributed by atoms with E-state index in [-0.39, 0.29) is 19.1 Å². The molecule has 0 aliphatic rings. The number of allylic oxidation sites excluding steroid dienone is 1. The number of likely N-dealkylation sites (N-methyl/N-ethyl adjacent to an activating group) is 1. The van der Waals surface area contributed by atoms with Crippen LogP contribution in [0.15, 0.2) is 12.2 Å². The van der Waals surface area contributed by atoms with E-state index in [0.29, 0.717) is 17.4 Å². The Kier molecular flexibility index (Phi) is 52.5. The van der Waals surface area contributed by atoms with E-state index in [9.17, 15) is 19.4 Å². The lowest BCUT2D eigenvalue weighted by molar-refractivity contribution is -0.870. The van der Waals surface area contributed by atoms with E-state index in [1.54, 1.807) is 6.08 Å². The van der Waals surface area contributed by atoms with Crippen LogP contribution in [0.2, 0.25) is 0 Å². The zero-order valence-corrected chi connectivity index (χ0v) is 48.6. The van der Waals surface area contributed by atoms with Crippen LogP contribution in [-0.2, 0) is 18.4 Å². The van der Waals surface area contributed by atoms with Gasteiger partial charge in [0.1, 0.15) is 13.2 Å². The third kappa shape index (κ3) is 55.0. The van der Waals surface area contributed by atoms with Gasteiger partial charge in [0.15, 0.2) is 0 Å². The number of hydrogen-bond acceptors (Lipinski definition) is 6. The number of aliphatic hydroxyl groups is 1. The van der Waals surface area contributed by atoms with Crippen LogP contribution in [0.25, 0.3) is 0 Å². The lowest BCUT2D eigenvalue weighted by Gasteiger charge is -2.29. The third-order valence-electron chi connectivity index (χ3n) is 14.5. The van der Waals surface area contributed by atoms with Gasteiger partial charge in [-0.05, 0) is 19.3 Å². The van der Waals surface area contributed by atoms with E-state index < -0.39 is 20.0 Å². The van der Waals surface area contributed by atoms with Gasteiger partial charge < -0.3 is 28.8 Å². The number of hydrogen-bond donors (Lipinski definition) is 2. The molecule has 0 heterocycles. The Balaban J connectivity index is 3.90. The summed E-state index contributed by atoms with van der Waals surface area (Å²) in [5.74, 6) is -0.191. The molecule has 0 saturated carbocycles. The van der Waals surface area contributed by atoms with Crippen molar-refractivity contribution in [3.8, 4) is 0 Å². The number of amides is 1. The molecule has 0 rings (SSSR count). The number of nitrogens with zero attached hydrogens (tertiary/aromatic N) is 1. The Morgan fingerprint density at radius 3 is 1.07 bits per heavy atom. The number of aliphatic hydroxyl groups excluding tert-OH is 1. The van der Waals surface area contributed by atoms with Crippen LogP contribution in [-0.4, -0.2) is 68.5 Å². The predicted molar refractivity (Wildman–Crippen MR) is 302 cm³/mol. The van der Waals surface area contributed by atoms with Gasteiger partial charge in [0.25, 0.3) is 7.82 Å². The van der Waals surface area contributed by atoms with Crippen molar-refractivity contribution in [2.24, 2.45) is 0 Å². The van der Waals surface area contributed by atoms with Gasteiger partial charge in [-0.2, -0.15) is 0 Å². The number of quaternary nitrogens is 1. The van der Waals surface area contributed by atoms with Gasteiger partial charge in [-0.3, -0.25) is 9.36 Å². The highest BCUT2D eigenvalue weighted by molar-refractivity contribution is 7.45. The minimum Gasteiger partial charge on any atom is -0.756 e. The summed E-state index contributed by atoms with van der Waals surface area (Å²) in [6.45, 7) is 4.69. The van der Waals surface area contributed by atoms with E-state index in [0.717, 1.165) is 38.5 Å². The molecule has 2 N–H and O–H groups in total. The zero-order chi connectivity index (χ0) is 51.3. The highest BCUT2D eigenvalue weighted by Gasteiger charge is 2.23. The molecular formula is C61H123N2O6P.